The third-order valence-corrected chi connectivity index (χ3v) is 4.54. The van der Waals surface area contributed by atoms with Crippen molar-refractivity contribution in [1.82, 2.24) is 5.16 Å². The Hall–Kier alpha value is -1.04. The van der Waals surface area contributed by atoms with Gasteiger partial charge in [0.25, 0.3) is 0 Å². The number of nitrogens with zero attached hydrogens (tertiary/aromatic N) is 1. The highest BCUT2D eigenvalue weighted by atomic mass is 32.2. The summed E-state index contributed by atoms with van der Waals surface area (Å²) in [5, 5.41) is 3.60. The van der Waals surface area contributed by atoms with Crippen molar-refractivity contribution in [1.29, 1.82) is 0 Å². The topological polar surface area (TPSA) is 86.2 Å². The number of rotatable bonds is 2. The molecule has 2 rings (SSSR count). The molecule has 1 saturated heterocycles. The number of aromatic nitrogens is 1. The van der Waals surface area contributed by atoms with Gasteiger partial charge in [-0.25, -0.2) is 8.42 Å². The molecule has 5 nitrogen and oxygen atoms in total. The van der Waals surface area contributed by atoms with Crippen LogP contribution in [0.4, 0.5) is 5.69 Å². The molecule has 1 aromatic rings. The maximum atomic E-state index is 11.2. The Balaban J connectivity index is 1.96. The van der Waals surface area contributed by atoms with Crippen LogP contribution in [-0.2, 0) is 16.3 Å². The molecule has 0 amide bonds. The predicted octanol–water partition coefficient (Wildman–Crippen LogP) is 0.624. The minimum absolute atomic E-state index is 0.283. The number of hydrogen-bond acceptors (Lipinski definition) is 5. The smallest absolute Gasteiger partial charge is 0.159 e. The van der Waals surface area contributed by atoms with Gasteiger partial charge in [0.15, 0.2) is 5.76 Å². The number of anilines is 1. The first-order valence-electron chi connectivity index (χ1n) is 4.96. The van der Waals surface area contributed by atoms with E-state index in [0.29, 0.717) is 36.6 Å². The van der Waals surface area contributed by atoms with Crippen LogP contribution < -0.4 is 5.73 Å². The Morgan fingerprint density at radius 2 is 2.13 bits per heavy atom. The van der Waals surface area contributed by atoms with Gasteiger partial charge in [-0.1, -0.05) is 5.16 Å². The van der Waals surface area contributed by atoms with E-state index in [1.54, 1.807) is 0 Å². The lowest BCUT2D eigenvalue weighted by atomic mass is 9.97. The molecule has 0 aliphatic carbocycles. The van der Waals surface area contributed by atoms with Crippen LogP contribution in [0.3, 0.4) is 0 Å². The van der Waals surface area contributed by atoms with Gasteiger partial charge < -0.3 is 10.3 Å². The van der Waals surface area contributed by atoms with Gasteiger partial charge in [-0.3, -0.25) is 0 Å². The van der Waals surface area contributed by atoms with Gasteiger partial charge in [-0.15, -0.1) is 0 Å². The normalized spacial score (nSPS) is 21.6. The molecule has 1 fully saturated rings. The summed E-state index contributed by atoms with van der Waals surface area (Å²) in [6.45, 7) is 0. The largest absolute Gasteiger partial charge is 0.395 e. The Kier molecular flexibility index (Phi) is 2.68. The van der Waals surface area contributed by atoms with Crippen LogP contribution in [0.5, 0.6) is 0 Å². The number of sulfone groups is 1. The van der Waals surface area contributed by atoms with E-state index in [9.17, 15) is 8.42 Å². The summed E-state index contributed by atoms with van der Waals surface area (Å²) in [6.07, 6.45) is 3.57. The zero-order chi connectivity index (χ0) is 10.9. The Morgan fingerprint density at radius 3 is 2.67 bits per heavy atom. The fraction of sp³-hybridized carbons (Fsp3) is 0.667. The Morgan fingerprint density at radius 1 is 1.47 bits per heavy atom. The van der Waals surface area contributed by atoms with Crippen molar-refractivity contribution in [2.24, 2.45) is 5.92 Å². The summed E-state index contributed by atoms with van der Waals surface area (Å²) in [5.41, 5.74) is 6.20. The lowest BCUT2D eigenvalue weighted by Crippen LogP contribution is -2.24. The second kappa shape index (κ2) is 3.84. The highest BCUT2D eigenvalue weighted by Gasteiger charge is 2.25. The number of nitrogen functional groups attached to an aromatic ring is 1. The number of hydrogen-bond donors (Lipinski definition) is 1. The molecule has 1 aromatic heterocycles. The first-order valence-corrected chi connectivity index (χ1v) is 6.78. The van der Waals surface area contributed by atoms with Gasteiger partial charge in [0.05, 0.1) is 23.4 Å². The monoisotopic (exact) mass is 230 g/mol. The van der Waals surface area contributed by atoms with Crippen molar-refractivity contribution >= 4 is 15.5 Å². The summed E-state index contributed by atoms with van der Waals surface area (Å²) < 4.78 is 27.4. The van der Waals surface area contributed by atoms with Gasteiger partial charge in [0.1, 0.15) is 9.84 Å². The molecule has 2 N–H and O–H groups in total. The van der Waals surface area contributed by atoms with Crippen LogP contribution in [0.15, 0.2) is 10.7 Å². The molecular weight excluding hydrogens is 216 g/mol. The lowest BCUT2D eigenvalue weighted by molar-refractivity contribution is 0.349. The molecule has 84 valence electrons. The van der Waals surface area contributed by atoms with Crippen LogP contribution in [-0.4, -0.2) is 25.1 Å². The molecule has 1 aliphatic rings. The summed E-state index contributed by atoms with van der Waals surface area (Å²) in [6, 6.07) is 0. The molecule has 0 saturated carbocycles. The van der Waals surface area contributed by atoms with Crippen LogP contribution in [0, 0.1) is 5.92 Å². The second-order valence-corrected chi connectivity index (χ2v) is 6.31. The van der Waals surface area contributed by atoms with E-state index >= 15 is 0 Å². The van der Waals surface area contributed by atoms with Gasteiger partial charge in [-0.05, 0) is 18.8 Å². The van der Waals surface area contributed by atoms with Crippen LogP contribution in [0.1, 0.15) is 18.6 Å². The molecule has 1 aliphatic heterocycles. The first kappa shape index (κ1) is 10.5. The minimum Gasteiger partial charge on any atom is -0.395 e. The molecule has 2 heterocycles. The summed E-state index contributed by atoms with van der Waals surface area (Å²) in [7, 11) is -2.78. The van der Waals surface area contributed by atoms with Gasteiger partial charge in [0.2, 0.25) is 0 Å². The summed E-state index contributed by atoms with van der Waals surface area (Å²) >= 11 is 0. The van der Waals surface area contributed by atoms with Crippen molar-refractivity contribution in [3.8, 4) is 0 Å². The molecule has 0 bridgehead atoms. The van der Waals surface area contributed by atoms with Crippen molar-refractivity contribution in [3.05, 3.63) is 12.0 Å². The lowest BCUT2D eigenvalue weighted by Gasteiger charge is -2.20. The van der Waals surface area contributed by atoms with Crippen LogP contribution >= 0.6 is 0 Å². The van der Waals surface area contributed by atoms with Crippen LogP contribution in [0.2, 0.25) is 0 Å². The van der Waals surface area contributed by atoms with Crippen molar-refractivity contribution in [2.45, 2.75) is 19.3 Å². The fourth-order valence-electron chi connectivity index (χ4n) is 1.83. The predicted molar refractivity (Wildman–Crippen MR) is 56.0 cm³/mol. The fourth-order valence-corrected chi connectivity index (χ4v) is 3.42. The van der Waals surface area contributed by atoms with Crippen molar-refractivity contribution in [2.75, 3.05) is 17.2 Å². The zero-order valence-corrected chi connectivity index (χ0v) is 9.16. The van der Waals surface area contributed by atoms with Crippen molar-refractivity contribution in [3.63, 3.8) is 0 Å². The molecular formula is C9H14N2O3S. The maximum absolute atomic E-state index is 11.2. The van der Waals surface area contributed by atoms with E-state index in [-0.39, 0.29) is 11.5 Å². The third-order valence-electron chi connectivity index (χ3n) is 2.82. The molecule has 15 heavy (non-hydrogen) atoms. The summed E-state index contributed by atoms with van der Waals surface area (Å²) in [5.74, 6) is 1.60. The van der Waals surface area contributed by atoms with E-state index in [1.165, 1.54) is 6.20 Å². The maximum Gasteiger partial charge on any atom is 0.159 e. The summed E-state index contributed by atoms with van der Waals surface area (Å²) in [4.78, 5) is 0. The Bertz CT molecular complexity index is 424. The Labute approximate surface area is 88.5 Å². The van der Waals surface area contributed by atoms with Crippen LogP contribution in [0.25, 0.3) is 0 Å². The highest BCUT2D eigenvalue weighted by molar-refractivity contribution is 7.91. The standard InChI is InChI=1S/C9H14N2O3S/c10-8-6-11-14-9(8)5-7-1-3-15(12,13)4-2-7/h6-7H,1-5,10H2. The zero-order valence-electron chi connectivity index (χ0n) is 8.35. The highest BCUT2D eigenvalue weighted by Crippen LogP contribution is 2.24. The molecule has 0 radical (unpaired) electrons. The quantitative estimate of drug-likeness (QED) is 0.805. The van der Waals surface area contributed by atoms with E-state index < -0.39 is 9.84 Å². The van der Waals surface area contributed by atoms with Gasteiger partial charge in [0, 0.05) is 6.42 Å². The van der Waals surface area contributed by atoms with Gasteiger partial charge in [-0.2, -0.15) is 0 Å². The van der Waals surface area contributed by atoms with Gasteiger partial charge >= 0.3 is 0 Å². The average Bonchev–Trinajstić information content (AvgIpc) is 2.56. The molecule has 0 atom stereocenters. The minimum atomic E-state index is -2.78. The number of nitrogens with two attached hydrogens (primary N) is 1. The van der Waals surface area contributed by atoms with E-state index in [0.717, 1.165) is 0 Å². The van der Waals surface area contributed by atoms with E-state index in [2.05, 4.69) is 5.16 Å². The van der Waals surface area contributed by atoms with E-state index in [1.807, 2.05) is 0 Å². The van der Waals surface area contributed by atoms with Crippen molar-refractivity contribution < 1.29 is 12.9 Å². The SMILES string of the molecule is Nc1cnoc1CC1CCS(=O)(=O)CC1. The average molecular weight is 230 g/mol. The molecule has 0 spiro atoms. The second-order valence-electron chi connectivity index (χ2n) is 4.00. The molecule has 0 unspecified atom stereocenters. The molecule has 0 aromatic carbocycles. The van der Waals surface area contributed by atoms with E-state index in [4.69, 9.17) is 10.3 Å². The first-order chi connectivity index (χ1) is 7.07. The molecule has 6 heteroatoms. The third kappa shape index (κ3) is 2.50.